The van der Waals surface area contributed by atoms with E-state index in [1.807, 2.05) is 6.07 Å². The normalized spacial score (nSPS) is 21.7. The highest BCUT2D eigenvalue weighted by atomic mass is 19.1. The molecule has 22 heavy (non-hydrogen) atoms. The fraction of sp³-hybridized carbons (Fsp3) is 0.412. The van der Waals surface area contributed by atoms with Crippen LogP contribution in [0.4, 0.5) is 4.39 Å². The monoisotopic (exact) mass is 305 g/mol. The van der Waals surface area contributed by atoms with Crippen LogP contribution in [-0.2, 0) is 20.7 Å². The Hall–Kier alpha value is -2.17. The summed E-state index contributed by atoms with van der Waals surface area (Å²) in [6, 6.07) is 6.43. The van der Waals surface area contributed by atoms with Gasteiger partial charge >= 0.3 is 5.97 Å². The van der Waals surface area contributed by atoms with Crippen molar-refractivity contribution in [1.29, 1.82) is 0 Å². The molecule has 0 aromatic heterocycles. The topological polar surface area (TPSA) is 69.4 Å². The molecule has 1 aromatic rings. The Bertz CT molecular complexity index is 597. The highest BCUT2D eigenvalue weighted by molar-refractivity contribution is 5.91. The summed E-state index contributed by atoms with van der Waals surface area (Å²) in [6.45, 7) is 1.63. The predicted molar refractivity (Wildman–Crippen MR) is 80.3 cm³/mol. The van der Waals surface area contributed by atoms with E-state index in [2.05, 4.69) is 0 Å². The molecule has 0 spiro atoms. The minimum absolute atomic E-state index is 0.150. The van der Waals surface area contributed by atoms with E-state index in [-0.39, 0.29) is 23.8 Å². The van der Waals surface area contributed by atoms with Gasteiger partial charge in [0.1, 0.15) is 11.9 Å². The summed E-state index contributed by atoms with van der Waals surface area (Å²) in [5, 5.41) is 0. The fourth-order valence-electron chi connectivity index (χ4n) is 2.53. The van der Waals surface area contributed by atoms with Gasteiger partial charge in [0, 0.05) is 5.57 Å². The van der Waals surface area contributed by atoms with E-state index >= 15 is 0 Å². The Kier molecular flexibility index (Phi) is 5.31. The molecule has 1 aromatic carbocycles. The van der Waals surface area contributed by atoms with Gasteiger partial charge in [-0.1, -0.05) is 18.2 Å². The van der Waals surface area contributed by atoms with Gasteiger partial charge in [0.2, 0.25) is 5.91 Å². The summed E-state index contributed by atoms with van der Waals surface area (Å²) < 4.78 is 18.4. The van der Waals surface area contributed by atoms with Crippen LogP contribution in [-0.4, -0.2) is 18.0 Å². The number of halogens is 1. The van der Waals surface area contributed by atoms with Gasteiger partial charge < -0.3 is 10.5 Å². The van der Waals surface area contributed by atoms with Crippen molar-refractivity contribution < 1.29 is 18.7 Å². The number of allylic oxidation sites excluding steroid dienone is 1. The first kappa shape index (κ1) is 16.2. The van der Waals surface area contributed by atoms with Crippen molar-refractivity contribution in [3.63, 3.8) is 0 Å². The maximum absolute atomic E-state index is 13.1. The third-order valence-electron chi connectivity index (χ3n) is 3.90. The molecular formula is C17H20FNO3. The van der Waals surface area contributed by atoms with Crippen LogP contribution in [0.1, 0.15) is 31.7 Å². The number of carbonyl (C=O) groups excluding carboxylic acids is 2. The quantitative estimate of drug-likeness (QED) is 0.648. The van der Waals surface area contributed by atoms with Crippen LogP contribution in [0.5, 0.6) is 0 Å². The van der Waals surface area contributed by atoms with Gasteiger partial charge in [-0.15, -0.1) is 0 Å². The number of benzene rings is 1. The van der Waals surface area contributed by atoms with Crippen LogP contribution in [0.25, 0.3) is 0 Å². The number of carbonyl (C=O) groups is 2. The number of esters is 1. The molecule has 0 radical (unpaired) electrons. The molecular weight excluding hydrogens is 285 g/mol. The summed E-state index contributed by atoms with van der Waals surface area (Å²) in [6.07, 6.45) is 3.95. The molecule has 1 heterocycles. The van der Waals surface area contributed by atoms with E-state index in [9.17, 15) is 14.0 Å². The second-order valence-electron chi connectivity index (χ2n) is 5.65. The number of primary amides is 1. The first-order valence-corrected chi connectivity index (χ1v) is 7.37. The summed E-state index contributed by atoms with van der Waals surface area (Å²) >= 11 is 0. The maximum Gasteiger partial charge on any atom is 0.309 e. The molecule has 118 valence electrons. The van der Waals surface area contributed by atoms with Gasteiger partial charge in [0.05, 0.1) is 5.92 Å². The van der Waals surface area contributed by atoms with E-state index in [1.54, 1.807) is 19.1 Å². The van der Waals surface area contributed by atoms with Gasteiger partial charge in [-0.2, -0.15) is 0 Å². The molecule has 1 aliphatic rings. The number of hydrogen-bond acceptors (Lipinski definition) is 3. The standard InChI is InChI=1S/C17H20FNO3/c1-11(16(19)20)5-7-13-10-15(22-17(13)21)8-6-12-3-2-4-14(18)9-12/h2-5,9,13,15H,6-8,10H2,1H3,(H2,19,20). The first-order chi connectivity index (χ1) is 10.5. The van der Waals surface area contributed by atoms with Crippen LogP contribution < -0.4 is 5.73 Å². The van der Waals surface area contributed by atoms with E-state index in [0.29, 0.717) is 31.3 Å². The third-order valence-corrected chi connectivity index (χ3v) is 3.90. The number of aryl methyl sites for hydroxylation is 1. The molecule has 2 atom stereocenters. The summed E-state index contributed by atoms with van der Waals surface area (Å²) in [7, 11) is 0. The van der Waals surface area contributed by atoms with Gasteiger partial charge in [-0.25, -0.2) is 4.39 Å². The largest absolute Gasteiger partial charge is 0.462 e. The van der Waals surface area contributed by atoms with Crippen LogP contribution in [0.2, 0.25) is 0 Å². The number of cyclic esters (lactones) is 1. The minimum Gasteiger partial charge on any atom is -0.462 e. The summed E-state index contributed by atoms with van der Waals surface area (Å²) in [5.41, 5.74) is 6.50. The zero-order valence-electron chi connectivity index (χ0n) is 12.5. The average Bonchev–Trinajstić information content (AvgIpc) is 2.83. The van der Waals surface area contributed by atoms with Crippen molar-refractivity contribution in [3.8, 4) is 0 Å². The van der Waals surface area contributed by atoms with Crippen molar-refractivity contribution in [2.75, 3.05) is 0 Å². The first-order valence-electron chi connectivity index (χ1n) is 7.37. The van der Waals surface area contributed by atoms with Gasteiger partial charge in [0.15, 0.2) is 0 Å². The number of ether oxygens (including phenoxy) is 1. The molecule has 1 fully saturated rings. The average molecular weight is 305 g/mol. The Morgan fingerprint density at radius 3 is 2.95 bits per heavy atom. The Morgan fingerprint density at radius 1 is 1.50 bits per heavy atom. The van der Waals surface area contributed by atoms with Crippen molar-refractivity contribution in [2.45, 2.75) is 38.7 Å². The van der Waals surface area contributed by atoms with Gasteiger partial charge in [-0.3, -0.25) is 9.59 Å². The molecule has 2 unspecified atom stereocenters. The van der Waals surface area contributed by atoms with Crippen molar-refractivity contribution in [1.82, 2.24) is 0 Å². The lowest BCUT2D eigenvalue weighted by Gasteiger charge is -2.08. The van der Waals surface area contributed by atoms with Crippen molar-refractivity contribution in [3.05, 3.63) is 47.3 Å². The fourth-order valence-corrected chi connectivity index (χ4v) is 2.53. The van der Waals surface area contributed by atoms with Crippen LogP contribution in [0, 0.1) is 11.7 Å². The third kappa shape index (κ3) is 4.41. The molecule has 5 heteroatoms. The molecule has 1 aliphatic heterocycles. The van der Waals surface area contributed by atoms with Crippen molar-refractivity contribution in [2.24, 2.45) is 11.7 Å². The second kappa shape index (κ2) is 7.20. The molecule has 2 N–H and O–H groups in total. The number of rotatable bonds is 6. The maximum atomic E-state index is 13.1. The Balaban J connectivity index is 1.84. The van der Waals surface area contributed by atoms with Crippen LogP contribution in [0.15, 0.2) is 35.9 Å². The molecule has 0 bridgehead atoms. The highest BCUT2D eigenvalue weighted by Gasteiger charge is 2.33. The molecule has 1 amide bonds. The Morgan fingerprint density at radius 2 is 2.27 bits per heavy atom. The van der Waals surface area contributed by atoms with Crippen LogP contribution in [0.3, 0.4) is 0 Å². The number of amides is 1. The summed E-state index contributed by atoms with van der Waals surface area (Å²) in [4.78, 5) is 22.7. The van der Waals surface area contributed by atoms with Gasteiger partial charge in [-0.05, 0) is 50.3 Å². The zero-order chi connectivity index (χ0) is 16.1. The molecule has 1 saturated heterocycles. The predicted octanol–water partition coefficient (Wildman–Crippen LogP) is 2.51. The lowest BCUT2D eigenvalue weighted by Crippen LogP contribution is -2.12. The van der Waals surface area contributed by atoms with E-state index in [1.165, 1.54) is 12.1 Å². The van der Waals surface area contributed by atoms with Gasteiger partial charge in [0.25, 0.3) is 0 Å². The van der Waals surface area contributed by atoms with E-state index in [4.69, 9.17) is 10.5 Å². The Labute approximate surface area is 129 Å². The molecule has 0 aliphatic carbocycles. The summed E-state index contributed by atoms with van der Waals surface area (Å²) in [5.74, 6) is -1.20. The molecule has 4 nitrogen and oxygen atoms in total. The van der Waals surface area contributed by atoms with E-state index in [0.717, 1.165) is 5.56 Å². The van der Waals surface area contributed by atoms with E-state index < -0.39 is 5.91 Å². The SMILES string of the molecule is CC(=CCC1CC(CCc2cccc(F)c2)OC1=O)C(N)=O. The van der Waals surface area contributed by atoms with Crippen molar-refractivity contribution >= 4 is 11.9 Å². The van der Waals surface area contributed by atoms with Crippen LogP contribution >= 0.6 is 0 Å². The second-order valence-corrected chi connectivity index (χ2v) is 5.65. The lowest BCUT2D eigenvalue weighted by molar-refractivity contribution is -0.144. The minimum atomic E-state index is -0.478. The highest BCUT2D eigenvalue weighted by Crippen LogP contribution is 2.27. The number of nitrogens with two attached hydrogens (primary N) is 1. The zero-order valence-corrected chi connectivity index (χ0v) is 12.5. The number of hydrogen-bond donors (Lipinski definition) is 1. The lowest BCUT2D eigenvalue weighted by atomic mass is 9.97. The molecule has 2 rings (SSSR count). The molecule has 0 saturated carbocycles. The smallest absolute Gasteiger partial charge is 0.309 e.